The molecule has 0 aromatic heterocycles. The molecule has 0 bridgehead atoms. The third-order valence-corrected chi connectivity index (χ3v) is 3.84. The number of likely N-dealkylation sites (tertiary alicyclic amines) is 1. The molecular weight excluding hydrogens is 196 g/mol. The summed E-state index contributed by atoms with van der Waals surface area (Å²) in [7, 11) is 0. The molecule has 0 saturated carbocycles. The quantitative estimate of drug-likeness (QED) is 0.687. The van der Waals surface area contributed by atoms with Crippen molar-refractivity contribution in [1.82, 2.24) is 9.80 Å². The molecule has 0 aromatic rings. The summed E-state index contributed by atoms with van der Waals surface area (Å²) in [5.74, 6) is 0. The van der Waals surface area contributed by atoms with Gasteiger partial charge in [-0.3, -0.25) is 9.80 Å². The molecule has 0 N–H and O–H groups in total. The molecule has 1 heterocycles. The highest BCUT2D eigenvalue weighted by atomic mass is 15.2. The minimum Gasteiger partial charge on any atom is -0.300 e. The molecule has 0 radical (unpaired) electrons. The maximum Gasteiger partial charge on any atom is 0.0223 e. The Labute approximate surface area is 102 Å². The van der Waals surface area contributed by atoms with Crippen molar-refractivity contribution in [3.63, 3.8) is 0 Å². The molecule has 16 heavy (non-hydrogen) atoms. The summed E-state index contributed by atoms with van der Waals surface area (Å²) in [5, 5.41) is 0. The second-order valence-electron chi connectivity index (χ2n) is 5.37. The molecule has 0 aliphatic carbocycles. The Balaban J connectivity index is 2.47. The van der Waals surface area contributed by atoms with Crippen LogP contribution in [0.3, 0.4) is 0 Å². The molecule has 0 amide bonds. The molecule has 2 nitrogen and oxygen atoms in total. The molecule has 1 atom stereocenters. The maximum absolute atomic E-state index is 2.72. The largest absolute Gasteiger partial charge is 0.300 e. The second-order valence-corrected chi connectivity index (χ2v) is 5.37. The van der Waals surface area contributed by atoms with E-state index in [0.717, 1.165) is 6.04 Å². The lowest BCUT2D eigenvalue weighted by Gasteiger charge is -2.39. The van der Waals surface area contributed by atoms with Crippen LogP contribution in [0.1, 0.15) is 53.4 Å². The van der Waals surface area contributed by atoms with Crippen LogP contribution in [0.2, 0.25) is 0 Å². The van der Waals surface area contributed by atoms with E-state index in [9.17, 15) is 0 Å². The number of likely N-dealkylation sites (N-methyl/N-ethyl adjacent to an activating group) is 1. The van der Waals surface area contributed by atoms with Crippen molar-refractivity contribution in [3.05, 3.63) is 0 Å². The fourth-order valence-electron chi connectivity index (χ4n) is 2.82. The Morgan fingerprint density at radius 2 is 2.00 bits per heavy atom. The van der Waals surface area contributed by atoms with E-state index in [1.807, 2.05) is 0 Å². The summed E-state index contributed by atoms with van der Waals surface area (Å²) in [6, 6.07) is 1.51. The lowest BCUT2D eigenvalue weighted by Crippen LogP contribution is -2.48. The Morgan fingerprint density at radius 3 is 2.56 bits per heavy atom. The van der Waals surface area contributed by atoms with Crippen LogP contribution >= 0.6 is 0 Å². The number of nitrogens with zero attached hydrogens (tertiary/aromatic N) is 2. The van der Waals surface area contributed by atoms with Gasteiger partial charge in [0.25, 0.3) is 0 Å². The van der Waals surface area contributed by atoms with Gasteiger partial charge in [-0.1, -0.05) is 20.3 Å². The summed E-state index contributed by atoms with van der Waals surface area (Å²) >= 11 is 0. The fourth-order valence-corrected chi connectivity index (χ4v) is 2.82. The third kappa shape index (κ3) is 4.06. The van der Waals surface area contributed by atoms with Crippen LogP contribution in [0.5, 0.6) is 0 Å². The van der Waals surface area contributed by atoms with E-state index in [0.29, 0.717) is 6.04 Å². The summed E-state index contributed by atoms with van der Waals surface area (Å²) in [4.78, 5) is 5.33. The van der Waals surface area contributed by atoms with Gasteiger partial charge in [0, 0.05) is 18.6 Å². The molecule has 1 rings (SSSR count). The van der Waals surface area contributed by atoms with E-state index in [2.05, 4.69) is 37.5 Å². The van der Waals surface area contributed by atoms with Crippen molar-refractivity contribution >= 4 is 0 Å². The lowest BCUT2D eigenvalue weighted by molar-refractivity contribution is 0.0937. The topological polar surface area (TPSA) is 6.48 Å². The van der Waals surface area contributed by atoms with Crippen LogP contribution in [0.4, 0.5) is 0 Å². The van der Waals surface area contributed by atoms with Crippen molar-refractivity contribution in [2.24, 2.45) is 0 Å². The third-order valence-electron chi connectivity index (χ3n) is 3.84. The summed E-state index contributed by atoms with van der Waals surface area (Å²) in [6.45, 7) is 14.3. The first-order chi connectivity index (χ1) is 7.69. The minimum atomic E-state index is 0.690. The summed E-state index contributed by atoms with van der Waals surface area (Å²) in [6.07, 6.45) is 5.54. The summed E-state index contributed by atoms with van der Waals surface area (Å²) < 4.78 is 0. The van der Waals surface area contributed by atoms with Crippen molar-refractivity contribution in [3.8, 4) is 0 Å². The van der Waals surface area contributed by atoms with Crippen molar-refractivity contribution in [2.75, 3.05) is 26.2 Å². The molecule has 0 spiro atoms. The van der Waals surface area contributed by atoms with Gasteiger partial charge in [0.15, 0.2) is 0 Å². The number of piperidine rings is 1. The SMILES string of the molecule is CCCN1CCCCC1CN(CC)C(C)C. The first-order valence-electron chi connectivity index (χ1n) is 7.17. The van der Waals surface area contributed by atoms with E-state index in [1.165, 1.54) is 51.9 Å². The normalized spacial score (nSPS) is 23.2. The zero-order valence-corrected chi connectivity index (χ0v) is 11.7. The van der Waals surface area contributed by atoms with Gasteiger partial charge in [-0.2, -0.15) is 0 Å². The highest BCUT2D eigenvalue weighted by Crippen LogP contribution is 2.18. The van der Waals surface area contributed by atoms with E-state index in [4.69, 9.17) is 0 Å². The molecule has 1 aliphatic heterocycles. The molecule has 96 valence electrons. The van der Waals surface area contributed by atoms with E-state index < -0.39 is 0 Å². The van der Waals surface area contributed by atoms with Gasteiger partial charge in [-0.25, -0.2) is 0 Å². The molecular formula is C14H30N2. The molecule has 2 heteroatoms. The number of hydrogen-bond acceptors (Lipinski definition) is 2. The van der Waals surface area contributed by atoms with Crippen LogP contribution in [0.25, 0.3) is 0 Å². The van der Waals surface area contributed by atoms with Crippen LogP contribution < -0.4 is 0 Å². The van der Waals surface area contributed by atoms with Gasteiger partial charge in [0.2, 0.25) is 0 Å². The summed E-state index contributed by atoms with van der Waals surface area (Å²) in [5.41, 5.74) is 0. The first kappa shape index (κ1) is 14.0. The zero-order chi connectivity index (χ0) is 12.0. The second kappa shape index (κ2) is 7.29. The predicted molar refractivity (Wildman–Crippen MR) is 71.9 cm³/mol. The molecule has 1 unspecified atom stereocenters. The van der Waals surface area contributed by atoms with Gasteiger partial charge in [0.05, 0.1) is 0 Å². The van der Waals surface area contributed by atoms with E-state index in [1.54, 1.807) is 0 Å². The van der Waals surface area contributed by atoms with E-state index >= 15 is 0 Å². The fraction of sp³-hybridized carbons (Fsp3) is 1.00. The molecule has 1 saturated heterocycles. The molecule has 0 aromatic carbocycles. The molecule has 1 fully saturated rings. The molecule has 1 aliphatic rings. The van der Waals surface area contributed by atoms with Crippen LogP contribution in [-0.4, -0.2) is 48.1 Å². The Hall–Kier alpha value is -0.0800. The Kier molecular flexibility index (Phi) is 6.37. The zero-order valence-electron chi connectivity index (χ0n) is 11.7. The Morgan fingerprint density at radius 1 is 1.25 bits per heavy atom. The van der Waals surface area contributed by atoms with Gasteiger partial charge in [0.1, 0.15) is 0 Å². The smallest absolute Gasteiger partial charge is 0.0223 e. The van der Waals surface area contributed by atoms with Gasteiger partial charge >= 0.3 is 0 Å². The Bertz CT molecular complexity index is 178. The highest BCUT2D eigenvalue weighted by Gasteiger charge is 2.23. The maximum atomic E-state index is 2.72. The average Bonchev–Trinajstić information content (AvgIpc) is 2.27. The van der Waals surface area contributed by atoms with Gasteiger partial charge in [-0.15, -0.1) is 0 Å². The van der Waals surface area contributed by atoms with E-state index in [-0.39, 0.29) is 0 Å². The van der Waals surface area contributed by atoms with Crippen molar-refractivity contribution in [1.29, 1.82) is 0 Å². The van der Waals surface area contributed by atoms with Gasteiger partial charge < -0.3 is 0 Å². The lowest BCUT2D eigenvalue weighted by atomic mass is 10.0. The monoisotopic (exact) mass is 226 g/mol. The van der Waals surface area contributed by atoms with Crippen LogP contribution in [-0.2, 0) is 0 Å². The number of rotatable bonds is 6. The van der Waals surface area contributed by atoms with Crippen LogP contribution in [0, 0.1) is 0 Å². The predicted octanol–water partition coefficient (Wildman–Crippen LogP) is 2.98. The van der Waals surface area contributed by atoms with Gasteiger partial charge in [-0.05, 0) is 52.7 Å². The first-order valence-corrected chi connectivity index (χ1v) is 7.17. The minimum absolute atomic E-state index is 0.690. The average molecular weight is 226 g/mol. The van der Waals surface area contributed by atoms with Crippen molar-refractivity contribution in [2.45, 2.75) is 65.5 Å². The number of hydrogen-bond donors (Lipinski definition) is 0. The standard InChI is InChI=1S/C14H30N2/c1-5-10-16-11-8-7-9-14(16)12-15(6-2)13(3)4/h13-14H,5-12H2,1-4H3. The van der Waals surface area contributed by atoms with Crippen molar-refractivity contribution < 1.29 is 0 Å². The highest BCUT2D eigenvalue weighted by molar-refractivity contribution is 4.80. The van der Waals surface area contributed by atoms with Crippen LogP contribution in [0.15, 0.2) is 0 Å².